The summed E-state index contributed by atoms with van der Waals surface area (Å²) in [6.45, 7) is 5.17. The van der Waals surface area contributed by atoms with Crippen LogP contribution in [0.3, 0.4) is 0 Å². The fourth-order valence-electron chi connectivity index (χ4n) is 2.72. The second kappa shape index (κ2) is 4.68. The normalized spacial score (nSPS) is 27.9. The molecule has 0 spiro atoms. The minimum absolute atomic E-state index is 0.135. The summed E-state index contributed by atoms with van der Waals surface area (Å²) in [4.78, 5) is 14.3. The molecule has 3 rings (SSSR count). The molecule has 1 N–H and O–H groups in total. The lowest BCUT2D eigenvalue weighted by Gasteiger charge is -2.33. The minimum Gasteiger partial charge on any atom is -0.333 e. The fraction of sp³-hybridized carbons (Fsp3) is 0.750. The third-order valence-electron chi connectivity index (χ3n) is 3.96. The van der Waals surface area contributed by atoms with Gasteiger partial charge in [0.1, 0.15) is 6.33 Å². The van der Waals surface area contributed by atoms with Crippen molar-refractivity contribution in [2.75, 3.05) is 13.1 Å². The summed E-state index contributed by atoms with van der Waals surface area (Å²) in [6, 6.07) is 0.540. The van der Waals surface area contributed by atoms with Crippen LogP contribution in [0.15, 0.2) is 6.33 Å². The van der Waals surface area contributed by atoms with E-state index in [0.717, 1.165) is 38.3 Å². The molecule has 2 unspecified atom stereocenters. The van der Waals surface area contributed by atoms with Crippen LogP contribution in [0.1, 0.15) is 25.6 Å². The SMILES string of the molecule is CC1CCC(C(=O)N2CCn3cnnc3C2)CN1. The van der Waals surface area contributed by atoms with Gasteiger partial charge in [-0.25, -0.2) is 0 Å². The Balaban J connectivity index is 1.64. The van der Waals surface area contributed by atoms with Gasteiger partial charge < -0.3 is 14.8 Å². The number of carbonyl (C=O) groups is 1. The third kappa shape index (κ3) is 2.12. The van der Waals surface area contributed by atoms with Crippen LogP contribution < -0.4 is 5.32 Å². The standard InChI is InChI=1S/C12H19N5O/c1-9-2-3-10(6-13-9)12(18)16-4-5-17-8-14-15-11(17)7-16/h8-10,13H,2-7H2,1H3. The first-order chi connectivity index (χ1) is 8.74. The van der Waals surface area contributed by atoms with Crippen LogP contribution in [0.4, 0.5) is 0 Å². The molecule has 98 valence electrons. The van der Waals surface area contributed by atoms with Crippen molar-refractivity contribution < 1.29 is 4.79 Å². The maximum absolute atomic E-state index is 12.4. The molecule has 18 heavy (non-hydrogen) atoms. The summed E-state index contributed by atoms with van der Waals surface area (Å²) in [6.07, 6.45) is 3.82. The molecule has 3 heterocycles. The van der Waals surface area contributed by atoms with Crippen LogP contribution in [0.2, 0.25) is 0 Å². The summed E-state index contributed by atoms with van der Waals surface area (Å²) >= 11 is 0. The van der Waals surface area contributed by atoms with Gasteiger partial charge in [-0.05, 0) is 19.8 Å². The zero-order valence-corrected chi connectivity index (χ0v) is 10.7. The molecule has 0 aromatic carbocycles. The van der Waals surface area contributed by atoms with Crippen LogP contribution in [0, 0.1) is 5.92 Å². The van der Waals surface area contributed by atoms with Gasteiger partial charge in [-0.1, -0.05) is 0 Å². The van der Waals surface area contributed by atoms with E-state index in [1.165, 1.54) is 0 Å². The molecule has 6 heteroatoms. The molecular formula is C12H19N5O. The second-order valence-corrected chi connectivity index (χ2v) is 5.28. The van der Waals surface area contributed by atoms with Crippen LogP contribution >= 0.6 is 0 Å². The lowest BCUT2D eigenvalue weighted by molar-refractivity contribution is -0.137. The van der Waals surface area contributed by atoms with Crippen molar-refractivity contribution in [3.8, 4) is 0 Å². The van der Waals surface area contributed by atoms with E-state index < -0.39 is 0 Å². The quantitative estimate of drug-likeness (QED) is 0.761. The van der Waals surface area contributed by atoms with Crippen molar-refractivity contribution in [3.05, 3.63) is 12.2 Å². The molecule has 1 fully saturated rings. The molecule has 2 aliphatic heterocycles. The Bertz CT molecular complexity index is 435. The number of carbonyl (C=O) groups excluding carboxylic acids is 1. The highest BCUT2D eigenvalue weighted by Gasteiger charge is 2.30. The summed E-state index contributed by atoms with van der Waals surface area (Å²) in [5.74, 6) is 1.30. The Morgan fingerprint density at radius 2 is 2.33 bits per heavy atom. The molecule has 1 saturated heterocycles. The zero-order valence-electron chi connectivity index (χ0n) is 10.7. The Labute approximate surface area is 106 Å². The van der Waals surface area contributed by atoms with Crippen molar-refractivity contribution in [3.63, 3.8) is 0 Å². The van der Waals surface area contributed by atoms with E-state index in [4.69, 9.17) is 0 Å². The van der Waals surface area contributed by atoms with Gasteiger partial charge in [-0.15, -0.1) is 10.2 Å². The first-order valence-corrected chi connectivity index (χ1v) is 6.63. The Morgan fingerprint density at radius 1 is 1.44 bits per heavy atom. The number of rotatable bonds is 1. The minimum atomic E-state index is 0.135. The molecule has 0 radical (unpaired) electrons. The molecule has 6 nitrogen and oxygen atoms in total. The van der Waals surface area contributed by atoms with E-state index in [1.807, 2.05) is 9.47 Å². The van der Waals surface area contributed by atoms with Gasteiger partial charge >= 0.3 is 0 Å². The van der Waals surface area contributed by atoms with Crippen LogP contribution in [-0.2, 0) is 17.9 Å². The number of piperidine rings is 1. The number of fused-ring (bicyclic) bond motifs is 1. The van der Waals surface area contributed by atoms with Crippen molar-refractivity contribution in [1.82, 2.24) is 25.0 Å². The number of amides is 1. The highest BCUT2D eigenvalue weighted by Crippen LogP contribution is 2.19. The monoisotopic (exact) mass is 249 g/mol. The first-order valence-electron chi connectivity index (χ1n) is 6.63. The third-order valence-corrected chi connectivity index (χ3v) is 3.96. The highest BCUT2D eigenvalue weighted by molar-refractivity contribution is 5.79. The van der Waals surface area contributed by atoms with Gasteiger partial charge in [-0.2, -0.15) is 0 Å². The second-order valence-electron chi connectivity index (χ2n) is 5.28. The molecule has 0 saturated carbocycles. The zero-order chi connectivity index (χ0) is 12.5. The van der Waals surface area contributed by atoms with Crippen LogP contribution in [-0.4, -0.2) is 44.7 Å². The predicted molar refractivity (Wildman–Crippen MR) is 65.6 cm³/mol. The van der Waals surface area contributed by atoms with Gasteiger partial charge in [0.15, 0.2) is 5.82 Å². The number of hydrogen-bond acceptors (Lipinski definition) is 4. The van der Waals surface area contributed by atoms with E-state index in [2.05, 4.69) is 22.4 Å². The van der Waals surface area contributed by atoms with Crippen LogP contribution in [0.5, 0.6) is 0 Å². The summed E-state index contributed by atoms with van der Waals surface area (Å²) in [7, 11) is 0. The van der Waals surface area contributed by atoms with Gasteiger partial charge in [-0.3, -0.25) is 4.79 Å². The van der Waals surface area contributed by atoms with E-state index in [0.29, 0.717) is 12.6 Å². The molecule has 1 aromatic heterocycles. The number of aromatic nitrogens is 3. The van der Waals surface area contributed by atoms with E-state index >= 15 is 0 Å². The topological polar surface area (TPSA) is 63.1 Å². The van der Waals surface area contributed by atoms with Gasteiger partial charge in [0.2, 0.25) is 5.91 Å². The molecule has 1 amide bonds. The summed E-state index contributed by atoms with van der Waals surface area (Å²) in [5.41, 5.74) is 0. The Hall–Kier alpha value is -1.43. The Morgan fingerprint density at radius 3 is 3.11 bits per heavy atom. The lowest BCUT2D eigenvalue weighted by Crippen LogP contribution is -2.47. The first kappa shape index (κ1) is 11.6. The van der Waals surface area contributed by atoms with Crippen molar-refractivity contribution in [2.24, 2.45) is 5.92 Å². The van der Waals surface area contributed by atoms with Gasteiger partial charge in [0.25, 0.3) is 0 Å². The average molecular weight is 249 g/mol. The largest absolute Gasteiger partial charge is 0.333 e. The number of nitrogens with zero attached hydrogens (tertiary/aromatic N) is 4. The predicted octanol–water partition coefficient (Wildman–Crippen LogP) is 0.00840. The highest BCUT2D eigenvalue weighted by atomic mass is 16.2. The van der Waals surface area contributed by atoms with Crippen molar-refractivity contribution in [1.29, 1.82) is 0 Å². The van der Waals surface area contributed by atoms with E-state index in [-0.39, 0.29) is 11.8 Å². The maximum Gasteiger partial charge on any atom is 0.227 e. The number of nitrogens with one attached hydrogen (secondary N) is 1. The molecule has 2 aliphatic rings. The van der Waals surface area contributed by atoms with E-state index in [9.17, 15) is 4.79 Å². The molecule has 2 atom stereocenters. The molecular weight excluding hydrogens is 230 g/mol. The summed E-state index contributed by atoms with van der Waals surface area (Å²) in [5, 5.41) is 11.3. The lowest BCUT2D eigenvalue weighted by atomic mass is 9.94. The van der Waals surface area contributed by atoms with Gasteiger partial charge in [0, 0.05) is 25.7 Å². The Kier molecular flexibility index (Phi) is 3.03. The van der Waals surface area contributed by atoms with Gasteiger partial charge in [0.05, 0.1) is 12.5 Å². The molecule has 0 bridgehead atoms. The van der Waals surface area contributed by atoms with Crippen molar-refractivity contribution >= 4 is 5.91 Å². The average Bonchev–Trinajstić information content (AvgIpc) is 2.86. The molecule has 0 aliphatic carbocycles. The smallest absolute Gasteiger partial charge is 0.227 e. The number of hydrogen-bond donors (Lipinski definition) is 1. The van der Waals surface area contributed by atoms with Crippen LogP contribution in [0.25, 0.3) is 0 Å². The maximum atomic E-state index is 12.4. The molecule has 1 aromatic rings. The summed E-state index contributed by atoms with van der Waals surface area (Å²) < 4.78 is 2.02. The van der Waals surface area contributed by atoms with Crippen molar-refractivity contribution in [2.45, 2.75) is 38.9 Å². The van der Waals surface area contributed by atoms with E-state index in [1.54, 1.807) is 6.33 Å². The fourth-order valence-corrected chi connectivity index (χ4v) is 2.72.